The van der Waals surface area contributed by atoms with Crippen LogP contribution in [0.4, 0.5) is 0 Å². The molecule has 1 N–H and O–H groups in total. The molecule has 3 aromatic rings. The summed E-state index contributed by atoms with van der Waals surface area (Å²) in [6.07, 6.45) is 0. The monoisotopic (exact) mass is 508 g/mol. The number of rotatable bonds is 4. The molecule has 0 aromatic heterocycles. The summed E-state index contributed by atoms with van der Waals surface area (Å²) in [5.41, 5.74) is 4.66. The molecule has 0 aliphatic carbocycles. The molecule has 0 fully saturated rings. The largest absolute Gasteiger partial charge is 0.507 e. The maximum atomic E-state index is 11.3. The average molecular weight is 510 g/mol. The van der Waals surface area contributed by atoms with Crippen LogP contribution >= 0.6 is 15.9 Å². The van der Waals surface area contributed by atoms with Crippen molar-refractivity contribution in [3.63, 3.8) is 0 Å². The van der Waals surface area contributed by atoms with E-state index in [1.165, 1.54) is 16.3 Å². The zero-order valence-electron chi connectivity index (χ0n) is 20.8. The Kier molecular flexibility index (Phi) is 6.84. The van der Waals surface area contributed by atoms with Gasteiger partial charge in [-0.1, -0.05) is 130 Å². The maximum absolute atomic E-state index is 11.3. The molecular formula is C29H37BrOSi. The minimum Gasteiger partial charge on any atom is -0.507 e. The van der Waals surface area contributed by atoms with Gasteiger partial charge in [-0.25, -0.2) is 0 Å². The van der Waals surface area contributed by atoms with E-state index in [1.807, 2.05) is 0 Å². The summed E-state index contributed by atoms with van der Waals surface area (Å²) < 4.78 is 1.09. The molecule has 3 aromatic carbocycles. The fraction of sp³-hybridized carbons (Fsp3) is 0.379. The van der Waals surface area contributed by atoms with Crippen LogP contribution in [-0.2, 0) is 10.8 Å². The number of phenols is 1. The molecule has 170 valence electrons. The van der Waals surface area contributed by atoms with Gasteiger partial charge in [0.2, 0.25) is 0 Å². The smallest absolute Gasteiger partial charge is 0.123 e. The van der Waals surface area contributed by atoms with Crippen molar-refractivity contribution in [3.05, 3.63) is 93.5 Å². The Labute approximate surface area is 204 Å². The summed E-state index contributed by atoms with van der Waals surface area (Å²) in [6, 6.07) is 24.3. The number of aromatic hydroxyl groups is 1. The minimum absolute atomic E-state index is 0.150. The first-order valence-electron chi connectivity index (χ1n) is 11.4. The van der Waals surface area contributed by atoms with Gasteiger partial charge in [0, 0.05) is 10.0 Å². The van der Waals surface area contributed by atoms with Gasteiger partial charge in [-0.2, -0.15) is 0 Å². The molecule has 0 saturated heterocycles. The number of phenolic OH excluding ortho intramolecular Hbond substituents is 1. The lowest BCUT2D eigenvalue weighted by Gasteiger charge is -2.36. The molecule has 0 amide bonds. The van der Waals surface area contributed by atoms with Gasteiger partial charge in [0.25, 0.3) is 0 Å². The summed E-state index contributed by atoms with van der Waals surface area (Å²) in [5.74, 6) is 0.447. The third kappa shape index (κ3) is 5.04. The van der Waals surface area contributed by atoms with E-state index >= 15 is 0 Å². The number of benzene rings is 3. The van der Waals surface area contributed by atoms with E-state index in [2.05, 4.69) is 137 Å². The SMILES string of the molecule is CC(C)(C)c1cc(C(c2ccc(Br)cc2)[Si](C)(C)c2ccccc2)cc(C(C)(C)C)c1O. The predicted molar refractivity (Wildman–Crippen MR) is 145 cm³/mol. The number of hydrogen-bond acceptors (Lipinski definition) is 1. The number of halogens is 1. The summed E-state index contributed by atoms with van der Waals surface area (Å²) in [5, 5.41) is 12.7. The highest BCUT2D eigenvalue weighted by Gasteiger charge is 2.38. The van der Waals surface area contributed by atoms with Crippen molar-refractivity contribution >= 4 is 29.2 Å². The van der Waals surface area contributed by atoms with Crippen molar-refractivity contribution in [2.75, 3.05) is 0 Å². The van der Waals surface area contributed by atoms with Crippen molar-refractivity contribution in [1.29, 1.82) is 0 Å². The molecule has 0 saturated carbocycles. The second-order valence-electron chi connectivity index (χ2n) is 11.5. The summed E-state index contributed by atoms with van der Waals surface area (Å²) in [4.78, 5) is 0. The second-order valence-corrected chi connectivity index (χ2v) is 17.1. The van der Waals surface area contributed by atoms with Crippen LogP contribution in [0.2, 0.25) is 13.1 Å². The third-order valence-corrected chi connectivity index (χ3v) is 11.0. The molecular weight excluding hydrogens is 472 g/mol. The molecule has 0 radical (unpaired) electrons. The van der Waals surface area contributed by atoms with Crippen LogP contribution in [0.5, 0.6) is 5.75 Å². The quantitative estimate of drug-likeness (QED) is 0.353. The summed E-state index contributed by atoms with van der Waals surface area (Å²) >= 11 is 3.61. The Balaban J connectivity index is 2.36. The number of hydrogen-bond donors (Lipinski definition) is 1. The van der Waals surface area contributed by atoms with Gasteiger partial charge in [0.05, 0.1) is 8.07 Å². The molecule has 0 heterocycles. The Morgan fingerprint density at radius 3 is 1.62 bits per heavy atom. The van der Waals surface area contributed by atoms with Crippen LogP contribution < -0.4 is 5.19 Å². The van der Waals surface area contributed by atoms with Crippen molar-refractivity contribution in [2.45, 2.75) is 71.0 Å². The molecule has 3 heteroatoms. The molecule has 1 unspecified atom stereocenters. The summed E-state index contributed by atoms with van der Waals surface area (Å²) in [6.45, 7) is 18.1. The van der Waals surface area contributed by atoms with E-state index in [1.54, 1.807) is 0 Å². The standard InChI is InChI=1S/C29H37BrOSi/c1-28(2,3)24-18-21(19-25(26(24)31)29(4,5)6)27(20-14-16-22(30)17-15-20)32(7,8)23-12-10-9-11-13-23/h9-19,27,31H,1-8H3. The average Bonchev–Trinajstić information content (AvgIpc) is 2.69. The Morgan fingerprint density at radius 2 is 1.19 bits per heavy atom. The topological polar surface area (TPSA) is 20.2 Å². The molecule has 3 rings (SSSR count). The Hall–Kier alpha value is -1.84. The zero-order valence-corrected chi connectivity index (χ0v) is 23.3. The van der Waals surface area contributed by atoms with Gasteiger partial charge < -0.3 is 5.11 Å². The highest BCUT2D eigenvalue weighted by molar-refractivity contribution is 9.10. The first kappa shape index (κ1) is 24.8. The van der Waals surface area contributed by atoms with Crippen molar-refractivity contribution in [2.24, 2.45) is 0 Å². The van der Waals surface area contributed by atoms with E-state index in [0.717, 1.165) is 15.6 Å². The normalized spacial score (nSPS) is 13.8. The van der Waals surface area contributed by atoms with Crippen LogP contribution in [0.3, 0.4) is 0 Å². The molecule has 0 aliphatic rings. The van der Waals surface area contributed by atoms with Gasteiger partial charge >= 0.3 is 0 Å². The first-order valence-corrected chi connectivity index (χ1v) is 15.3. The third-order valence-electron chi connectivity index (χ3n) is 6.52. The molecule has 32 heavy (non-hydrogen) atoms. The molecule has 0 bridgehead atoms. The first-order chi connectivity index (χ1) is 14.7. The fourth-order valence-electron chi connectivity index (χ4n) is 4.68. The van der Waals surface area contributed by atoms with Gasteiger partial charge in [0.1, 0.15) is 5.75 Å². The van der Waals surface area contributed by atoms with Crippen LogP contribution in [-0.4, -0.2) is 13.2 Å². The van der Waals surface area contributed by atoms with Crippen LogP contribution in [0, 0.1) is 0 Å². The van der Waals surface area contributed by atoms with Gasteiger partial charge in [-0.15, -0.1) is 0 Å². The zero-order chi connectivity index (χ0) is 23.9. The molecule has 1 nitrogen and oxygen atoms in total. The molecule has 0 aliphatic heterocycles. The van der Waals surface area contributed by atoms with E-state index < -0.39 is 8.07 Å². The highest BCUT2D eigenvalue weighted by atomic mass is 79.9. The minimum atomic E-state index is -1.99. The molecule has 0 spiro atoms. The van der Waals surface area contributed by atoms with Crippen molar-refractivity contribution in [3.8, 4) is 5.75 Å². The van der Waals surface area contributed by atoms with E-state index in [9.17, 15) is 5.11 Å². The van der Waals surface area contributed by atoms with Crippen molar-refractivity contribution < 1.29 is 5.11 Å². The van der Waals surface area contributed by atoms with Gasteiger partial charge in [-0.05, 0) is 45.2 Å². The van der Waals surface area contributed by atoms with E-state index in [4.69, 9.17) is 0 Å². The van der Waals surface area contributed by atoms with Crippen molar-refractivity contribution in [1.82, 2.24) is 0 Å². The maximum Gasteiger partial charge on any atom is 0.123 e. The van der Waals surface area contributed by atoms with E-state index in [-0.39, 0.29) is 16.4 Å². The van der Waals surface area contributed by atoms with Gasteiger partial charge in [0.15, 0.2) is 0 Å². The lowest BCUT2D eigenvalue weighted by atomic mass is 9.78. The van der Waals surface area contributed by atoms with Crippen LogP contribution in [0.15, 0.2) is 71.2 Å². The highest BCUT2D eigenvalue weighted by Crippen LogP contribution is 2.44. The lowest BCUT2D eigenvalue weighted by Crippen LogP contribution is -2.48. The lowest BCUT2D eigenvalue weighted by molar-refractivity contribution is 0.422. The fourth-order valence-corrected chi connectivity index (χ4v) is 8.36. The Morgan fingerprint density at radius 1 is 0.719 bits per heavy atom. The second kappa shape index (κ2) is 8.83. The van der Waals surface area contributed by atoms with Crippen LogP contribution in [0.1, 0.15) is 69.3 Å². The predicted octanol–water partition coefficient (Wildman–Crippen LogP) is 8.04. The molecule has 1 atom stereocenters. The van der Waals surface area contributed by atoms with E-state index in [0.29, 0.717) is 5.75 Å². The Bertz CT molecular complexity index is 1040. The summed E-state index contributed by atoms with van der Waals surface area (Å²) in [7, 11) is -1.99. The van der Waals surface area contributed by atoms with Gasteiger partial charge in [-0.3, -0.25) is 0 Å². The van der Waals surface area contributed by atoms with Crippen LogP contribution in [0.25, 0.3) is 0 Å².